The molecule has 1 heterocycles. The largest absolute Gasteiger partial charge is 0.480 e. The van der Waals surface area contributed by atoms with Gasteiger partial charge in [-0.25, -0.2) is 0 Å². The van der Waals surface area contributed by atoms with E-state index in [1.807, 2.05) is 13.8 Å². The number of carbonyl (C=O) groups is 9. The molecule has 376 valence electrons. The summed E-state index contributed by atoms with van der Waals surface area (Å²) in [6.45, 7) is 9.42. The van der Waals surface area contributed by atoms with Crippen molar-refractivity contribution in [1.82, 2.24) is 42.1 Å². The molecule has 1 fully saturated rings. The summed E-state index contributed by atoms with van der Waals surface area (Å²) in [5.41, 5.74) is 16.7. The van der Waals surface area contributed by atoms with E-state index in [0.29, 0.717) is 12.8 Å². The highest BCUT2D eigenvalue weighted by molar-refractivity contribution is 5.98. The number of carboxylic acids is 1. The fourth-order valence-electron chi connectivity index (χ4n) is 6.85. The van der Waals surface area contributed by atoms with Crippen LogP contribution < -0.4 is 54.4 Å². The summed E-state index contributed by atoms with van der Waals surface area (Å²) in [6.07, 6.45) is 1.43. The van der Waals surface area contributed by atoms with Crippen LogP contribution >= 0.6 is 0 Å². The van der Waals surface area contributed by atoms with E-state index in [0.717, 1.165) is 11.8 Å². The third-order valence-electron chi connectivity index (χ3n) is 10.3. The van der Waals surface area contributed by atoms with Crippen molar-refractivity contribution in [3.05, 3.63) is 0 Å². The number of amides is 8. The zero-order valence-corrected chi connectivity index (χ0v) is 39.0. The summed E-state index contributed by atoms with van der Waals surface area (Å²) in [6, 6.07) is -12.0. The lowest BCUT2D eigenvalue weighted by atomic mass is 9.99. The van der Waals surface area contributed by atoms with Gasteiger partial charge in [-0.3, -0.25) is 48.1 Å². The molecule has 17 N–H and O–H groups in total. The topological polar surface area (TPSA) is 412 Å². The van der Waals surface area contributed by atoms with Gasteiger partial charge in [0, 0.05) is 13.1 Å². The number of aliphatic imine (C=N–C) groups is 1. The molecule has 0 aromatic rings. The van der Waals surface area contributed by atoms with E-state index in [1.165, 1.54) is 0 Å². The highest BCUT2D eigenvalue weighted by atomic mass is 16.4. The molecule has 0 saturated carbocycles. The van der Waals surface area contributed by atoms with Crippen molar-refractivity contribution in [1.29, 1.82) is 0 Å². The first-order valence-corrected chi connectivity index (χ1v) is 22.2. The van der Waals surface area contributed by atoms with Crippen molar-refractivity contribution >= 4 is 59.2 Å². The van der Waals surface area contributed by atoms with Crippen LogP contribution in [0.5, 0.6) is 0 Å². The standard InChI is InChI=1S/C41H74N12O13/c1-20(2)14-25(47-32(57)24(42)10-8-12-45-41(43)44)33(58)48-26(15-21(3)4)35(60)52-30(19-56)39(64)53-13-9-11-31(53)38(63)49-27(16-22(5)6)34(59)50-29(18-55)37(62)51-28(17-54)36(61)46-23(7)40(65)66/h20-31,54-56H,8-19,42H2,1-7H3,(H,46,61)(H,47,57)(H,48,58)(H,49,63)(H,50,59)(H,51,62)(H,52,60)(H,65,66)(H4,43,44,45)/t23-,24-,25-,26-,27-,28-,29-,30-,31-/m0/s1. The molecule has 25 nitrogen and oxygen atoms in total. The van der Waals surface area contributed by atoms with E-state index in [2.05, 4.69) is 42.2 Å². The van der Waals surface area contributed by atoms with Crippen molar-refractivity contribution in [3.8, 4) is 0 Å². The molecule has 1 aliphatic rings. The van der Waals surface area contributed by atoms with Gasteiger partial charge in [0.15, 0.2) is 5.96 Å². The number of rotatable bonds is 29. The van der Waals surface area contributed by atoms with Crippen LogP contribution in [0.25, 0.3) is 0 Å². The van der Waals surface area contributed by atoms with Gasteiger partial charge in [0.2, 0.25) is 47.3 Å². The van der Waals surface area contributed by atoms with E-state index in [4.69, 9.17) is 22.3 Å². The summed E-state index contributed by atoms with van der Waals surface area (Å²) < 4.78 is 0. The summed E-state index contributed by atoms with van der Waals surface area (Å²) in [5, 5.41) is 56.0. The lowest BCUT2D eigenvalue weighted by Gasteiger charge is -2.31. The Kier molecular flexibility index (Phi) is 25.7. The number of aliphatic carboxylic acids is 1. The van der Waals surface area contributed by atoms with Crippen LogP contribution in [0.15, 0.2) is 4.99 Å². The molecule has 1 saturated heterocycles. The van der Waals surface area contributed by atoms with E-state index in [9.17, 15) is 58.5 Å². The minimum atomic E-state index is -1.68. The van der Waals surface area contributed by atoms with Crippen LogP contribution in [-0.2, 0) is 43.2 Å². The van der Waals surface area contributed by atoms with Crippen LogP contribution in [-0.4, -0.2) is 172 Å². The Hall–Kier alpha value is -5.66. The smallest absolute Gasteiger partial charge is 0.325 e. The third-order valence-corrected chi connectivity index (χ3v) is 10.3. The normalized spacial score (nSPS) is 17.2. The SMILES string of the molecule is CC(C)C[C@H](NC(=O)[C@H](CC(C)C)NC(=O)[C@@H](N)CCCN=C(N)N)C(=O)N[C@@H](CO)C(=O)N1CCC[C@H]1C(=O)N[C@@H](CC(C)C)C(=O)N[C@@H](CO)C(=O)N[C@@H](CO)C(=O)N[C@@H](C)C(=O)O. The second-order valence-electron chi connectivity index (χ2n) is 17.6. The van der Waals surface area contributed by atoms with E-state index in [1.54, 1.807) is 27.7 Å². The Morgan fingerprint density at radius 3 is 1.41 bits per heavy atom. The van der Waals surface area contributed by atoms with Crippen molar-refractivity contribution in [2.45, 2.75) is 148 Å². The van der Waals surface area contributed by atoms with Crippen LogP contribution in [0, 0.1) is 17.8 Å². The minimum Gasteiger partial charge on any atom is -0.480 e. The molecule has 0 aromatic carbocycles. The lowest BCUT2D eigenvalue weighted by molar-refractivity contribution is -0.143. The van der Waals surface area contributed by atoms with Gasteiger partial charge in [-0.2, -0.15) is 0 Å². The number of hydrogen-bond donors (Lipinski definition) is 14. The van der Waals surface area contributed by atoms with Gasteiger partial charge in [0.25, 0.3) is 0 Å². The van der Waals surface area contributed by atoms with Gasteiger partial charge in [-0.15, -0.1) is 0 Å². The maximum Gasteiger partial charge on any atom is 0.325 e. The summed E-state index contributed by atoms with van der Waals surface area (Å²) in [5.74, 6) is -8.64. The summed E-state index contributed by atoms with van der Waals surface area (Å²) in [7, 11) is 0. The second kappa shape index (κ2) is 29.1. The summed E-state index contributed by atoms with van der Waals surface area (Å²) >= 11 is 0. The quantitative estimate of drug-likeness (QED) is 0.0190. The maximum absolute atomic E-state index is 13.9. The van der Waals surface area contributed by atoms with E-state index in [-0.39, 0.29) is 68.9 Å². The lowest BCUT2D eigenvalue weighted by Crippen LogP contribution is -2.61. The van der Waals surface area contributed by atoms with Crippen LogP contribution in [0.4, 0.5) is 0 Å². The van der Waals surface area contributed by atoms with Gasteiger partial charge in [0.1, 0.15) is 48.3 Å². The average molecular weight is 943 g/mol. The third kappa shape index (κ3) is 20.2. The fraction of sp³-hybridized carbons (Fsp3) is 0.756. The molecule has 0 aromatic heterocycles. The molecule has 0 spiro atoms. The molecule has 66 heavy (non-hydrogen) atoms. The molecule has 0 aliphatic carbocycles. The molecule has 0 radical (unpaired) electrons. The van der Waals surface area contributed by atoms with Crippen molar-refractivity contribution in [3.63, 3.8) is 0 Å². The molecule has 1 rings (SSSR count). The Morgan fingerprint density at radius 1 is 0.591 bits per heavy atom. The Bertz CT molecular complexity index is 1690. The first-order valence-electron chi connectivity index (χ1n) is 22.2. The van der Waals surface area contributed by atoms with Crippen molar-refractivity contribution in [2.75, 3.05) is 32.9 Å². The van der Waals surface area contributed by atoms with E-state index >= 15 is 0 Å². The number of likely N-dealkylation sites (tertiary alicyclic amines) is 1. The van der Waals surface area contributed by atoms with Crippen LogP contribution in [0.2, 0.25) is 0 Å². The number of nitrogens with two attached hydrogens (primary N) is 3. The zero-order chi connectivity index (χ0) is 50.4. The molecule has 9 atom stereocenters. The molecule has 8 amide bonds. The fourth-order valence-corrected chi connectivity index (χ4v) is 6.85. The Balaban J connectivity index is 3.16. The first-order chi connectivity index (χ1) is 30.9. The van der Waals surface area contributed by atoms with Gasteiger partial charge in [-0.1, -0.05) is 41.5 Å². The van der Waals surface area contributed by atoms with Crippen LogP contribution in [0.1, 0.15) is 93.4 Å². The monoisotopic (exact) mass is 943 g/mol. The number of nitrogens with one attached hydrogen (secondary N) is 7. The minimum absolute atomic E-state index is 0.0280. The average Bonchev–Trinajstić information content (AvgIpc) is 3.73. The highest BCUT2D eigenvalue weighted by Gasteiger charge is 2.40. The highest BCUT2D eigenvalue weighted by Crippen LogP contribution is 2.20. The van der Waals surface area contributed by atoms with Gasteiger partial charge in [-0.05, 0) is 69.6 Å². The molecular formula is C41H74N12O13. The molecule has 25 heteroatoms. The number of carbonyl (C=O) groups excluding carboxylic acids is 8. The zero-order valence-electron chi connectivity index (χ0n) is 39.0. The Labute approximate surface area is 384 Å². The number of carboxylic acid groups (broad SMARTS) is 1. The summed E-state index contributed by atoms with van der Waals surface area (Å²) in [4.78, 5) is 123. The predicted molar refractivity (Wildman–Crippen MR) is 239 cm³/mol. The van der Waals surface area contributed by atoms with Gasteiger partial charge >= 0.3 is 5.97 Å². The van der Waals surface area contributed by atoms with Gasteiger partial charge < -0.3 is 79.7 Å². The van der Waals surface area contributed by atoms with Crippen molar-refractivity contribution < 1.29 is 63.6 Å². The molecule has 0 unspecified atom stereocenters. The van der Waals surface area contributed by atoms with Gasteiger partial charge in [0.05, 0.1) is 25.9 Å². The number of hydrogen-bond acceptors (Lipinski definition) is 14. The van der Waals surface area contributed by atoms with Crippen molar-refractivity contribution in [2.24, 2.45) is 39.9 Å². The number of nitrogens with zero attached hydrogens (tertiary/aromatic N) is 2. The molecule has 0 bridgehead atoms. The second-order valence-corrected chi connectivity index (χ2v) is 17.6. The van der Waals surface area contributed by atoms with E-state index < -0.39 is 127 Å². The number of aliphatic hydroxyl groups excluding tert-OH is 3. The maximum atomic E-state index is 13.9. The first kappa shape index (κ1) is 58.4. The number of aliphatic hydroxyl groups is 3. The Morgan fingerprint density at radius 2 is 0.985 bits per heavy atom. The predicted octanol–water partition coefficient (Wildman–Crippen LogP) is -5.03. The molecular weight excluding hydrogens is 869 g/mol. The van der Waals surface area contributed by atoms with Crippen LogP contribution in [0.3, 0.4) is 0 Å². The number of guanidine groups is 1. The molecule has 1 aliphatic heterocycles.